The van der Waals surface area contributed by atoms with Crippen LogP contribution in [0.15, 0.2) is 36.4 Å². The summed E-state index contributed by atoms with van der Waals surface area (Å²) in [6, 6.07) is 10.4. The Labute approximate surface area is 134 Å². The Hall–Kier alpha value is -2.20. The van der Waals surface area contributed by atoms with Gasteiger partial charge in [-0.05, 0) is 61.4 Å². The summed E-state index contributed by atoms with van der Waals surface area (Å²) in [4.78, 5) is 11.8. The van der Waals surface area contributed by atoms with Gasteiger partial charge in [0.05, 0.1) is 7.11 Å². The minimum absolute atomic E-state index is 0.174. The minimum Gasteiger partial charge on any atom is -0.497 e. The van der Waals surface area contributed by atoms with Crippen LogP contribution in [0.2, 0.25) is 5.02 Å². The number of rotatable bonds is 5. The van der Waals surface area contributed by atoms with E-state index in [4.69, 9.17) is 25.8 Å². The largest absolute Gasteiger partial charge is 0.497 e. The normalized spacial score (nSPS) is 10.2. The fourth-order valence-electron chi connectivity index (χ4n) is 1.94. The summed E-state index contributed by atoms with van der Waals surface area (Å²) in [6.45, 7) is 3.55. The molecule has 2 aromatic carbocycles. The molecule has 0 amide bonds. The molecule has 0 spiro atoms. The van der Waals surface area contributed by atoms with E-state index in [0.29, 0.717) is 16.5 Å². The third-order valence-electron chi connectivity index (χ3n) is 3.06. The first-order chi connectivity index (χ1) is 10.5. The van der Waals surface area contributed by atoms with Crippen molar-refractivity contribution in [2.45, 2.75) is 13.8 Å². The van der Waals surface area contributed by atoms with E-state index in [0.717, 1.165) is 16.9 Å². The Balaban J connectivity index is 1.92. The first-order valence-electron chi connectivity index (χ1n) is 6.74. The number of methoxy groups -OCH3 is 1. The molecule has 2 rings (SSSR count). The van der Waals surface area contributed by atoms with Crippen LogP contribution in [-0.4, -0.2) is 19.7 Å². The number of halogens is 1. The van der Waals surface area contributed by atoms with Crippen LogP contribution < -0.4 is 14.2 Å². The molecule has 5 heteroatoms. The molecule has 116 valence electrons. The molecule has 0 aromatic heterocycles. The molecule has 2 aromatic rings. The molecule has 0 saturated heterocycles. The molecule has 4 nitrogen and oxygen atoms in total. The molecule has 0 aliphatic carbocycles. The molecule has 0 bridgehead atoms. The molecule has 0 unspecified atom stereocenters. The number of carbonyl (C=O) groups is 1. The van der Waals surface area contributed by atoms with Gasteiger partial charge in [0.25, 0.3) is 0 Å². The zero-order valence-corrected chi connectivity index (χ0v) is 13.4. The number of carbonyl (C=O) groups excluding carboxylic acids is 1. The minimum atomic E-state index is -0.475. The summed E-state index contributed by atoms with van der Waals surface area (Å²) in [7, 11) is 1.59. The summed E-state index contributed by atoms with van der Waals surface area (Å²) in [5.41, 5.74) is 1.72. The van der Waals surface area contributed by atoms with E-state index in [1.807, 2.05) is 13.8 Å². The predicted molar refractivity (Wildman–Crippen MR) is 85.1 cm³/mol. The summed E-state index contributed by atoms with van der Waals surface area (Å²) < 4.78 is 15.7. The van der Waals surface area contributed by atoms with Gasteiger partial charge in [-0.15, -0.1) is 0 Å². The fourth-order valence-corrected chi connectivity index (χ4v) is 2.05. The topological polar surface area (TPSA) is 44.8 Å². The van der Waals surface area contributed by atoms with Gasteiger partial charge in [0.15, 0.2) is 6.61 Å². The first kappa shape index (κ1) is 16.2. The van der Waals surface area contributed by atoms with Crippen molar-refractivity contribution in [3.63, 3.8) is 0 Å². The molecule has 0 saturated carbocycles. The highest BCUT2D eigenvalue weighted by Gasteiger charge is 2.09. The molecule has 0 aliphatic heterocycles. The zero-order chi connectivity index (χ0) is 16.1. The smallest absolute Gasteiger partial charge is 0.349 e. The van der Waals surface area contributed by atoms with Crippen molar-refractivity contribution < 1.29 is 19.0 Å². The van der Waals surface area contributed by atoms with E-state index >= 15 is 0 Å². The Morgan fingerprint density at radius 3 is 2.09 bits per heavy atom. The molecule has 0 aliphatic rings. The summed E-state index contributed by atoms with van der Waals surface area (Å²) in [6.07, 6.45) is 0. The van der Waals surface area contributed by atoms with Crippen molar-refractivity contribution in [1.29, 1.82) is 0 Å². The maximum Gasteiger partial charge on any atom is 0.349 e. The summed E-state index contributed by atoms with van der Waals surface area (Å²) in [5, 5.41) is 0.675. The Kier molecular flexibility index (Phi) is 5.28. The quantitative estimate of drug-likeness (QED) is 0.618. The Bertz CT molecular complexity index is 642. The van der Waals surface area contributed by atoms with E-state index < -0.39 is 5.97 Å². The molecule has 0 fully saturated rings. The van der Waals surface area contributed by atoms with Crippen molar-refractivity contribution in [3.05, 3.63) is 52.5 Å². The second kappa shape index (κ2) is 7.18. The zero-order valence-electron chi connectivity index (χ0n) is 12.7. The van der Waals surface area contributed by atoms with E-state index in [9.17, 15) is 4.79 Å². The monoisotopic (exact) mass is 320 g/mol. The number of hydrogen-bond acceptors (Lipinski definition) is 4. The van der Waals surface area contributed by atoms with Gasteiger partial charge >= 0.3 is 5.97 Å². The number of benzene rings is 2. The highest BCUT2D eigenvalue weighted by Crippen LogP contribution is 2.26. The number of aryl methyl sites for hydroxylation is 2. The average Bonchev–Trinajstić information content (AvgIpc) is 2.51. The van der Waals surface area contributed by atoms with Gasteiger partial charge in [-0.3, -0.25) is 0 Å². The van der Waals surface area contributed by atoms with Gasteiger partial charge < -0.3 is 14.2 Å². The number of esters is 1. The van der Waals surface area contributed by atoms with Gasteiger partial charge in [-0.2, -0.15) is 0 Å². The van der Waals surface area contributed by atoms with E-state index in [-0.39, 0.29) is 6.61 Å². The maximum atomic E-state index is 11.8. The molecule has 0 radical (unpaired) electrons. The SMILES string of the molecule is COc1ccc(OCC(=O)Oc2cc(C)c(Cl)c(C)c2)cc1. The Morgan fingerprint density at radius 2 is 1.55 bits per heavy atom. The van der Waals surface area contributed by atoms with Crippen molar-refractivity contribution in [2.24, 2.45) is 0 Å². The van der Waals surface area contributed by atoms with Crippen LogP contribution >= 0.6 is 11.6 Å². The third-order valence-corrected chi connectivity index (χ3v) is 3.65. The van der Waals surface area contributed by atoms with E-state index in [1.165, 1.54) is 0 Å². The standard InChI is InChI=1S/C17H17ClO4/c1-11-8-15(9-12(2)17(11)18)22-16(19)10-21-14-6-4-13(20-3)5-7-14/h4-9H,10H2,1-3H3. The van der Waals surface area contributed by atoms with Crippen LogP contribution in [0.1, 0.15) is 11.1 Å². The number of ether oxygens (including phenoxy) is 3. The molecule has 0 heterocycles. The Morgan fingerprint density at radius 1 is 1.00 bits per heavy atom. The van der Waals surface area contributed by atoms with Gasteiger partial charge in [0.1, 0.15) is 17.2 Å². The molecular formula is C17H17ClO4. The van der Waals surface area contributed by atoms with Crippen molar-refractivity contribution >= 4 is 17.6 Å². The highest BCUT2D eigenvalue weighted by atomic mass is 35.5. The van der Waals surface area contributed by atoms with Crippen molar-refractivity contribution in [3.8, 4) is 17.2 Å². The lowest BCUT2D eigenvalue weighted by molar-refractivity contribution is -0.136. The first-order valence-corrected chi connectivity index (χ1v) is 7.11. The average molecular weight is 321 g/mol. The van der Waals surface area contributed by atoms with Crippen molar-refractivity contribution in [2.75, 3.05) is 13.7 Å². The molecule has 22 heavy (non-hydrogen) atoms. The predicted octanol–water partition coefficient (Wildman–Crippen LogP) is 3.95. The van der Waals surface area contributed by atoms with Crippen LogP contribution in [0.5, 0.6) is 17.2 Å². The molecule has 0 N–H and O–H groups in total. The van der Waals surface area contributed by atoms with Gasteiger partial charge in [0.2, 0.25) is 0 Å². The summed E-state index contributed by atoms with van der Waals surface area (Å²) in [5.74, 6) is 1.28. The highest BCUT2D eigenvalue weighted by molar-refractivity contribution is 6.32. The van der Waals surface area contributed by atoms with Crippen LogP contribution in [0.4, 0.5) is 0 Å². The lowest BCUT2D eigenvalue weighted by atomic mass is 10.1. The second-order valence-corrected chi connectivity index (χ2v) is 5.19. The van der Waals surface area contributed by atoms with Gasteiger partial charge in [0, 0.05) is 5.02 Å². The van der Waals surface area contributed by atoms with Crippen LogP contribution in [0.3, 0.4) is 0 Å². The van der Waals surface area contributed by atoms with Gasteiger partial charge in [-0.25, -0.2) is 4.79 Å². The van der Waals surface area contributed by atoms with Crippen molar-refractivity contribution in [1.82, 2.24) is 0 Å². The lowest BCUT2D eigenvalue weighted by Crippen LogP contribution is -2.17. The van der Waals surface area contributed by atoms with Gasteiger partial charge in [-0.1, -0.05) is 11.6 Å². The second-order valence-electron chi connectivity index (χ2n) is 4.81. The maximum absolute atomic E-state index is 11.8. The van der Waals surface area contributed by atoms with Crippen LogP contribution in [0, 0.1) is 13.8 Å². The summed E-state index contributed by atoms with van der Waals surface area (Å²) >= 11 is 6.08. The fraction of sp³-hybridized carbons (Fsp3) is 0.235. The van der Waals surface area contributed by atoms with Crippen LogP contribution in [-0.2, 0) is 4.79 Å². The van der Waals surface area contributed by atoms with Crippen LogP contribution in [0.25, 0.3) is 0 Å². The third kappa shape index (κ3) is 4.15. The van der Waals surface area contributed by atoms with E-state index in [1.54, 1.807) is 43.5 Å². The molecular weight excluding hydrogens is 304 g/mol. The molecule has 0 atom stereocenters. The number of hydrogen-bond donors (Lipinski definition) is 0. The van der Waals surface area contributed by atoms with E-state index in [2.05, 4.69) is 0 Å². The lowest BCUT2D eigenvalue weighted by Gasteiger charge is -2.09.